The number of hydrogen-bond acceptors (Lipinski definition) is 2. The molecule has 1 atom stereocenters. The zero-order chi connectivity index (χ0) is 13.8. The van der Waals surface area contributed by atoms with Crippen LogP contribution in [0.3, 0.4) is 0 Å². The maximum Gasteiger partial charge on any atom is 0.306 e. The summed E-state index contributed by atoms with van der Waals surface area (Å²) in [5, 5.41) is 13.3. The van der Waals surface area contributed by atoms with Gasteiger partial charge in [0.1, 0.15) is 0 Å². The van der Waals surface area contributed by atoms with Crippen molar-refractivity contribution in [1.29, 1.82) is 0 Å². The van der Waals surface area contributed by atoms with Crippen LogP contribution in [0.2, 0.25) is 5.02 Å². The molecule has 1 fully saturated rings. The highest BCUT2D eigenvalue weighted by atomic mass is 35.5. The van der Waals surface area contributed by atoms with E-state index in [9.17, 15) is 4.79 Å². The molecule has 0 aromatic heterocycles. The molecular weight excluding hydrogens is 262 g/mol. The Morgan fingerprint density at radius 2 is 1.84 bits per heavy atom. The molecule has 0 amide bonds. The number of carboxylic acid groups (broad SMARTS) is 1. The third-order valence-electron chi connectivity index (χ3n) is 3.93. The van der Waals surface area contributed by atoms with E-state index in [1.54, 1.807) is 0 Å². The first-order valence-electron chi connectivity index (χ1n) is 6.80. The van der Waals surface area contributed by atoms with E-state index >= 15 is 0 Å². The van der Waals surface area contributed by atoms with E-state index in [4.69, 9.17) is 16.7 Å². The number of nitrogens with one attached hydrogen (secondary N) is 1. The summed E-state index contributed by atoms with van der Waals surface area (Å²) in [7, 11) is 0. The Bertz CT molecular complexity index is 424. The zero-order valence-electron chi connectivity index (χ0n) is 11.1. The molecule has 3 nitrogen and oxygen atoms in total. The molecule has 1 aromatic rings. The molecule has 1 aromatic carbocycles. The van der Waals surface area contributed by atoms with Crippen molar-refractivity contribution in [2.45, 2.75) is 44.7 Å². The minimum atomic E-state index is -0.649. The van der Waals surface area contributed by atoms with Gasteiger partial charge >= 0.3 is 5.97 Å². The van der Waals surface area contributed by atoms with Gasteiger partial charge < -0.3 is 10.4 Å². The molecule has 1 saturated carbocycles. The van der Waals surface area contributed by atoms with Crippen LogP contribution in [0.4, 0.5) is 0 Å². The summed E-state index contributed by atoms with van der Waals surface area (Å²) in [6, 6.07) is 8.54. The van der Waals surface area contributed by atoms with Gasteiger partial charge in [0, 0.05) is 17.1 Å². The van der Waals surface area contributed by atoms with Gasteiger partial charge in [-0.15, -0.1) is 0 Å². The van der Waals surface area contributed by atoms with Crippen molar-refractivity contribution in [3.05, 3.63) is 34.9 Å². The highest BCUT2D eigenvalue weighted by molar-refractivity contribution is 6.30. The van der Waals surface area contributed by atoms with Gasteiger partial charge in [0.15, 0.2) is 0 Å². The monoisotopic (exact) mass is 281 g/mol. The maximum atomic E-state index is 10.9. The van der Waals surface area contributed by atoms with Crippen molar-refractivity contribution in [1.82, 2.24) is 5.32 Å². The van der Waals surface area contributed by atoms with Crippen LogP contribution in [0.1, 0.15) is 44.2 Å². The number of carbonyl (C=O) groups is 1. The van der Waals surface area contributed by atoms with Gasteiger partial charge in [0.05, 0.1) is 5.92 Å². The molecule has 0 heterocycles. The summed E-state index contributed by atoms with van der Waals surface area (Å²) in [6.45, 7) is 2.13. The van der Waals surface area contributed by atoms with E-state index in [1.807, 2.05) is 24.3 Å². The lowest BCUT2D eigenvalue weighted by Crippen LogP contribution is -2.36. The SMILES string of the molecule is C[C@@H](NC1CCC(C(=O)O)CC1)c1ccc(Cl)cc1. The van der Waals surface area contributed by atoms with Crippen molar-refractivity contribution in [2.24, 2.45) is 5.92 Å². The first-order chi connectivity index (χ1) is 9.06. The third kappa shape index (κ3) is 3.95. The lowest BCUT2D eigenvalue weighted by atomic mass is 9.85. The Morgan fingerprint density at radius 3 is 2.37 bits per heavy atom. The zero-order valence-corrected chi connectivity index (χ0v) is 11.9. The van der Waals surface area contributed by atoms with Crippen molar-refractivity contribution in [3.8, 4) is 0 Å². The highest BCUT2D eigenvalue weighted by Crippen LogP contribution is 2.26. The van der Waals surface area contributed by atoms with Crippen LogP contribution < -0.4 is 5.32 Å². The molecule has 0 bridgehead atoms. The van der Waals surface area contributed by atoms with E-state index in [1.165, 1.54) is 5.56 Å². The molecule has 2 N–H and O–H groups in total. The van der Waals surface area contributed by atoms with Gasteiger partial charge in [-0.1, -0.05) is 23.7 Å². The van der Waals surface area contributed by atoms with Gasteiger partial charge in [-0.3, -0.25) is 4.79 Å². The fourth-order valence-corrected chi connectivity index (χ4v) is 2.83. The van der Waals surface area contributed by atoms with Crippen LogP contribution in [0.25, 0.3) is 0 Å². The van der Waals surface area contributed by atoms with Crippen LogP contribution in [0, 0.1) is 5.92 Å². The first kappa shape index (κ1) is 14.4. The van der Waals surface area contributed by atoms with Crippen LogP contribution in [0.15, 0.2) is 24.3 Å². The number of halogens is 1. The molecule has 0 aliphatic heterocycles. The highest BCUT2D eigenvalue weighted by Gasteiger charge is 2.26. The van der Waals surface area contributed by atoms with Gasteiger partial charge in [0.2, 0.25) is 0 Å². The van der Waals surface area contributed by atoms with Gasteiger partial charge in [-0.05, 0) is 50.3 Å². The fraction of sp³-hybridized carbons (Fsp3) is 0.533. The predicted octanol–water partition coefficient (Wildman–Crippen LogP) is 3.63. The smallest absolute Gasteiger partial charge is 0.306 e. The van der Waals surface area contributed by atoms with E-state index in [-0.39, 0.29) is 12.0 Å². The summed E-state index contributed by atoms with van der Waals surface area (Å²) >= 11 is 5.88. The first-order valence-corrected chi connectivity index (χ1v) is 7.18. The molecule has 19 heavy (non-hydrogen) atoms. The Morgan fingerprint density at radius 1 is 1.26 bits per heavy atom. The van der Waals surface area contributed by atoms with Crippen molar-refractivity contribution >= 4 is 17.6 Å². The van der Waals surface area contributed by atoms with Crippen molar-refractivity contribution < 1.29 is 9.90 Å². The predicted molar refractivity (Wildman–Crippen MR) is 76.4 cm³/mol. The standard InChI is InChI=1S/C15H20ClNO2/c1-10(11-2-6-13(16)7-3-11)17-14-8-4-12(5-9-14)15(18)19/h2-3,6-7,10,12,14,17H,4-5,8-9H2,1H3,(H,18,19)/t10-,12?,14?/m1/s1. The second-order valence-electron chi connectivity index (χ2n) is 5.33. The second kappa shape index (κ2) is 6.40. The van der Waals surface area contributed by atoms with Gasteiger partial charge in [-0.2, -0.15) is 0 Å². The molecule has 0 spiro atoms. The molecule has 104 valence electrons. The molecule has 1 aliphatic carbocycles. The Balaban J connectivity index is 1.85. The Hall–Kier alpha value is -1.06. The van der Waals surface area contributed by atoms with E-state index < -0.39 is 5.97 Å². The fourth-order valence-electron chi connectivity index (χ4n) is 2.71. The number of hydrogen-bond donors (Lipinski definition) is 2. The summed E-state index contributed by atoms with van der Waals surface area (Å²) in [5.41, 5.74) is 1.21. The van der Waals surface area contributed by atoms with E-state index in [0.29, 0.717) is 6.04 Å². The second-order valence-corrected chi connectivity index (χ2v) is 5.76. The topological polar surface area (TPSA) is 49.3 Å². The Kier molecular flexibility index (Phi) is 4.83. The van der Waals surface area contributed by atoms with Gasteiger partial charge in [-0.25, -0.2) is 0 Å². The lowest BCUT2D eigenvalue weighted by molar-refractivity contribution is -0.142. The number of benzene rings is 1. The Labute approximate surface area is 119 Å². The average molecular weight is 282 g/mol. The maximum absolute atomic E-state index is 10.9. The van der Waals surface area contributed by atoms with Crippen molar-refractivity contribution in [2.75, 3.05) is 0 Å². The summed E-state index contributed by atoms with van der Waals surface area (Å²) in [6.07, 6.45) is 3.43. The third-order valence-corrected chi connectivity index (χ3v) is 4.18. The minimum Gasteiger partial charge on any atom is -0.481 e. The summed E-state index contributed by atoms with van der Waals surface area (Å²) in [5.74, 6) is -0.798. The summed E-state index contributed by atoms with van der Waals surface area (Å²) < 4.78 is 0. The van der Waals surface area contributed by atoms with Crippen LogP contribution in [-0.4, -0.2) is 17.1 Å². The average Bonchev–Trinajstić information content (AvgIpc) is 2.40. The molecule has 1 aliphatic rings. The van der Waals surface area contributed by atoms with Crippen LogP contribution in [-0.2, 0) is 4.79 Å². The van der Waals surface area contributed by atoms with Gasteiger partial charge in [0.25, 0.3) is 0 Å². The quantitative estimate of drug-likeness (QED) is 0.886. The lowest BCUT2D eigenvalue weighted by Gasteiger charge is -2.29. The molecule has 2 rings (SSSR count). The van der Waals surface area contributed by atoms with Crippen LogP contribution in [0.5, 0.6) is 0 Å². The van der Waals surface area contributed by atoms with Crippen molar-refractivity contribution in [3.63, 3.8) is 0 Å². The van der Waals surface area contributed by atoms with E-state index in [0.717, 1.165) is 30.7 Å². The normalized spacial score (nSPS) is 24.9. The molecule has 0 unspecified atom stereocenters. The van der Waals surface area contributed by atoms with E-state index in [2.05, 4.69) is 12.2 Å². The number of carboxylic acids is 1. The number of rotatable bonds is 4. The molecular formula is C15H20ClNO2. The molecule has 4 heteroatoms. The minimum absolute atomic E-state index is 0.149. The number of aliphatic carboxylic acids is 1. The molecule has 0 radical (unpaired) electrons. The summed E-state index contributed by atoms with van der Waals surface area (Å²) in [4.78, 5) is 10.9. The largest absolute Gasteiger partial charge is 0.481 e. The molecule has 0 saturated heterocycles. The van der Waals surface area contributed by atoms with Crippen LogP contribution >= 0.6 is 11.6 Å².